The predicted molar refractivity (Wildman–Crippen MR) is 73.8 cm³/mol. The Balaban J connectivity index is 2.03. The number of hydrogen-bond donors (Lipinski definition) is 1. The zero-order valence-electron chi connectivity index (χ0n) is 11.8. The van der Waals surface area contributed by atoms with E-state index in [1.165, 1.54) is 6.07 Å². The molecule has 0 fully saturated rings. The summed E-state index contributed by atoms with van der Waals surface area (Å²) < 4.78 is 31.3. The van der Waals surface area contributed by atoms with Gasteiger partial charge in [0.15, 0.2) is 11.6 Å². The highest BCUT2D eigenvalue weighted by Gasteiger charge is 2.18. The third-order valence-corrected chi connectivity index (χ3v) is 3.13. The Morgan fingerprint density at radius 1 is 1.29 bits per heavy atom. The number of furan rings is 1. The first-order chi connectivity index (χ1) is 9.99. The van der Waals surface area contributed by atoms with Gasteiger partial charge >= 0.3 is 0 Å². The molecule has 21 heavy (non-hydrogen) atoms. The summed E-state index contributed by atoms with van der Waals surface area (Å²) in [4.78, 5) is 13.8. The van der Waals surface area contributed by atoms with Crippen LogP contribution in [0.2, 0.25) is 0 Å². The van der Waals surface area contributed by atoms with E-state index >= 15 is 0 Å². The molecule has 4 nitrogen and oxygen atoms in total. The summed E-state index contributed by atoms with van der Waals surface area (Å²) in [5.74, 6) is -1.77. The molecule has 0 aliphatic carbocycles. The van der Waals surface area contributed by atoms with Crippen molar-refractivity contribution < 1.29 is 18.0 Å². The summed E-state index contributed by atoms with van der Waals surface area (Å²) in [6, 6.07) is 6.49. The Morgan fingerprint density at radius 2 is 2.05 bits per heavy atom. The van der Waals surface area contributed by atoms with Crippen LogP contribution in [0.1, 0.15) is 22.2 Å². The molecule has 0 saturated carbocycles. The SMILES string of the molecule is CN(C)C(CNC(=O)c1ccc(F)c(F)c1)c1ccco1. The van der Waals surface area contributed by atoms with Crippen molar-refractivity contribution in [2.45, 2.75) is 6.04 Å². The van der Waals surface area contributed by atoms with E-state index in [1.54, 1.807) is 12.3 Å². The van der Waals surface area contributed by atoms with Crippen LogP contribution in [0.25, 0.3) is 0 Å². The van der Waals surface area contributed by atoms with Gasteiger partial charge in [-0.1, -0.05) is 0 Å². The minimum Gasteiger partial charge on any atom is -0.468 e. The van der Waals surface area contributed by atoms with Gasteiger partial charge in [0.1, 0.15) is 5.76 Å². The second-order valence-electron chi connectivity index (χ2n) is 4.83. The van der Waals surface area contributed by atoms with Gasteiger partial charge in [-0.2, -0.15) is 0 Å². The number of halogens is 2. The van der Waals surface area contributed by atoms with Crippen LogP contribution in [0.5, 0.6) is 0 Å². The van der Waals surface area contributed by atoms with Gasteiger partial charge in [-0.15, -0.1) is 0 Å². The third-order valence-electron chi connectivity index (χ3n) is 3.13. The third kappa shape index (κ3) is 3.66. The number of hydrogen-bond acceptors (Lipinski definition) is 3. The van der Waals surface area contributed by atoms with Crippen LogP contribution in [0.4, 0.5) is 8.78 Å². The van der Waals surface area contributed by atoms with Crippen molar-refractivity contribution in [1.29, 1.82) is 0 Å². The molecule has 112 valence electrons. The van der Waals surface area contributed by atoms with Gasteiger partial charge in [-0.25, -0.2) is 8.78 Å². The van der Waals surface area contributed by atoms with Gasteiger partial charge in [0.2, 0.25) is 0 Å². The lowest BCUT2D eigenvalue weighted by Gasteiger charge is -2.22. The number of rotatable bonds is 5. The van der Waals surface area contributed by atoms with Crippen LogP contribution in [0, 0.1) is 11.6 Å². The molecule has 0 radical (unpaired) electrons. The molecule has 1 amide bonds. The molecule has 2 aromatic rings. The Labute approximate surface area is 121 Å². The number of nitrogens with zero attached hydrogens (tertiary/aromatic N) is 1. The molecule has 0 bridgehead atoms. The van der Waals surface area contributed by atoms with Gasteiger partial charge < -0.3 is 9.73 Å². The molecule has 0 saturated heterocycles. The van der Waals surface area contributed by atoms with E-state index in [0.717, 1.165) is 12.1 Å². The van der Waals surface area contributed by atoms with Gasteiger partial charge in [-0.3, -0.25) is 9.69 Å². The van der Waals surface area contributed by atoms with Crippen molar-refractivity contribution in [3.05, 3.63) is 59.6 Å². The van der Waals surface area contributed by atoms with Gasteiger partial charge in [0.05, 0.1) is 12.3 Å². The van der Waals surface area contributed by atoms with Gasteiger partial charge in [-0.05, 0) is 44.4 Å². The summed E-state index contributed by atoms with van der Waals surface area (Å²) in [6.07, 6.45) is 1.56. The maximum Gasteiger partial charge on any atom is 0.251 e. The Hall–Kier alpha value is -2.21. The lowest BCUT2D eigenvalue weighted by molar-refractivity contribution is 0.0938. The second kappa shape index (κ2) is 6.49. The standard InChI is InChI=1S/C15H16F2N2O2/c1-19(2)13(14-4-3-7-21-14)9-18-15(20)10-5-6-11(16)12(17)8-10/h3-8,13H,9H2,1-2H3,(H,18,20). The quantitative estimate of drug-likeness (QED) is 0.922. The summed E-state index contributed by atoms with van der Waals surface area (Å²) >= 11 is 0. The number of nitrogens with one attached hydrogen (secondary N) is 1. The van der Waals surface area contributed by atoms with Crippen LogP contribution in [0.15, 0.2) is 41.0 Å². The van der Waals surface area contributed by atoms with Crippen LogP contribution in [0.3, 0.4) is 0 Å². The highest BCUT2D eigenvalue weighted by molar-refractivity contribution is 5.94. The first-order valence-electron chi connectivity index (χ1n) is 6.42. The molecule has 1 heterocycles. The fraction of sp³-hybridized carbons (Fsp3) is 0.267. The van der Waals surface area contributed by atoms with E-state index in [9.17, 15) is 13.6 Å². The average Bonchev–Trinajstić information content (AvgIpc) is 2.95. The van der Waals surface area contributed by atoms with Crippen molar-refractivity contribution in [1.82, 2.24) is 10.2 Å². The molecule has 0 spiro atoms. The maximum atomic E-state index is 13.1. The topological polar surface area (TPSA) is 45.5 Å². The molecule has 6 heteroatoms. The minimum absolute atomic E-state index is 0.0749. The number of likely N-dealkylation sites (N-methyl/N-ethyl adjacent to an activating group) is 1. The largest absolute Gasteiger partial charge is 0.468 e. The number of amides is 1. The van der Waals surface area contributed by atoms with Crippen LogP contribution < -0.4 is 5.32 Å². The lowest BCUT2D eigenvalue weighted by atomic mass is 10.1. The summed E-state index contributed by atoms with van der Waals surface area (Å²) in [5.41, 5.74) is 0.0749. The summed E-state index contributed by atoms with van der Waals surface area (Å²) in [6.45, 7) is 0.290. The van der Waals surface area contributed by atoms with E-state index in [-0.39, 0.29) is 11.6 Å². The molecular formula is C15H16F2N2O2. The van der Waals surface area contributed by atoms with Crippen LogP contribution in [-0.4, -0.2) is 31.4 Å². The second-order valence-corrected chi connectivity index (χ2v) is 4.83. The lowest BCUT2D eigenvalue weighted by Crippen LogP contribution is -2.34. The van der Waals surface area contributed by atoms with E-state index in [4.69, 9.17) is 4.42 Å². The molecular weight excluding hydrogens is 278 g/mol. The van der Waals surface area contributed by atoms with Crippen molar-refractivity contribution >= 4 is 5.91 Å². The highest BCUT2D eigenvalue weighted by Crippen LogP contribution is 2.17. The maximum absolute atomic E-state index is 13.1. The normalized spacial score (nSPS) is 12.4. The van der Waals surface area contributed by atoms with E-state index in [2.05, 4.69) is 5.32 Å². The summed E-state index contributed by atoms with van der Waals surface area (Å²) in [7, 11) is 3.72. The Kier molecular flexibility index (Phi) is 4.70. The van der Waals surface area contributed by atoms with E-state index < -0.39 is 17.5 Å². The van der Waals surface area contributed by atoms with Gasteiger partial charge in [0.25, 0.3) is 5.91 Å². The van der Waals surface area contributed by atoms with Crippen LogP contribution >= 0.6 is 0 Å². The summed E-state index contributed by atoms with van der Waals surface area (Å²) in [5, 5.41) is 2.69. The smallest absolute Gasteiger partial charge is 0.251 e. The van der Waals surface area contributed by atoms with Crippen LogP contribution in [-0.2, 0) is 0 Å². The van der Waals surface area contributed by atoms with Crippen molar-refractivity contribution in [2.24, 2.45) is 0 Å². The molecule has 1 N–H and O–H groups in total. The molecule has 0 aliphatic rings. The highest BCUT2D eigenvalue weighted by atomic mass is 19.2. The Bertz CT molecular complexity index is 612. The first-order valence-corrected chi connectivity index (χ1v) is 6.42. The molecule has 1 aromatic heterocycles. The first kappa shape index (κ1) is 15.2. The van der Waals surface area contributed by atoms with Gasteiger partial charge in [0, 0.05) is 12.1 Å². The fourth-order valence-electron chi connectivity index (χ4n) is 1.95. The van der Waals surface area contributed by atoms with E-state index in [1.807, 2.05) is 25.1 Å². The zero-order valence-corrected chi connectivity index (χ0v) is 11.8. The van der Waals surface area contributed by atoms with E-state index in [0.29, 0.717) is 12.3 Å². The predicted octanol–water partition coefficient (Wildman–Crippen LogP) is 2.59. The molecule has 1 atom stereocenters. The average molecular weight is 294 g/mol. The van der Waals surface area contributed by atoms with Crippen molar-refractivity contribution in [2.75, 3.05) is 20.6 Å². The molecule has 2 rings (SSSR count). The Morgan fingerprint density at radius 3 is 2.62 bits per heavy atom. The molecule has 1 aromatic carbocycles. The van der Waals surface area contributed by atoms with Crippen molar-refractivity contribution in [3.63, 3.8) is 0 Å². The van der Waals surface area contributed by atoms with Crippen molar-refractivity contribution in [3.8, 4) is 0 Å². The monoisotopic (exact) mass is 294 g/mol. The number of benzene rings is 1. The zero-order chi connectivity index (χ0) is 15.4. The number of carbonyl (C=O) groups is 1. The minimum atomic E-state index is -1.04. The number of carbonyl (C=O) groups excluding carboxylic acids is 1. The molecule has 0 aliphatic heterocycles. The molecule has 1 unspecified atom stereocenters. The fourth-order valence-corrected chi connectivity index (χ4v) is 1.95.